The van der Waals surface area contributed by atoms with Gasteiger partial charge in [0.2, 0.25) is 11.8 Å². The molecular weight excluding hydrogens is 502 g/mol. The van der Waals surface area contributed by atoms with Crippen LogP contribution in [0, 0.1) is 11.2 Å². The summed E-state index contributed by atoms with van der Waals surface area (Å²) in [6.45, 7) is 7.75. The molecule has 1 spiro atoms. The van der Waals surface area contributed by atoms with Crippen molar-refractivity contribution in [3.8, 4) is 0 Å². The van der Waals surface area contributed by atoms with Crippen molar-refractivity contribution in [2.45, 2.75) is 56.7 Å². The summed E-state index contributed by atoms with van der Waals surface area (Å²) < 4.78 is 15.7. The van der Waals surface area contributed by atoms with Gasteiger partial charge in [-0.15, -0.1) is 0 Å². The normalized spacial score (nSPS) is 28.2. The third-order valence-corrected chi connectivity index (χ3v) is 8.16. The first-order chi connectivity index (χ1) is 16.9. The summed E-state index contributed by atoms with van der Waals surface area (Å²) in [7, 11) is 1.99. The Balaban J connectivity index is 1.71. The number of benzene rings is 2. The molecule has 2 amide bonds. The first kappa shape index (κ1) is 25.5. The molecule has 36 heavy (non-hydrogen) atoms. The summed E-state index contributed by atoms with van der Waals surface area (Å²) in [6, 6.07) is 8.76. The smallest absolute Gasteiger partial charge is 0.238 e. The van der Waals surface area contributed by atoms with E-state index < -0.39 is 29.2 Å². The molecule has 0 aromatic heterocycles. The lowest BCUT2D eigenvalue weighted by molar-refractivity contribution is -0.125. The fourth-order valence-corrected chi connectivity index (χ4v) is 6.59. The summed E-state index contributed by atoms with van der Waals surface area (Å²) in [5, 5.41) is 10.0. The van der Waals surface area contributed by atoms with Crippen molar-refractivity contribution in [1.82, 2.24) is 15.5 Å². The zero-order valence-electron chi connectivity index (χ0n) is 20.8. The van der Waals surface area contributed by atoms with Crippen LogP contribution in [-0.2, 0) is 15.0 Å². The minimum atomic E-state index is -1.24. The number of rotatable bonds is 4. The summed E-state index contributed by atoms with van der Waals surface area (Å²) in [5.41, 5.74) is 0.121. The van der Waals surface area contributed by atoms with Gasteiger partial charge in [0.05, 0.1) is 17.1 Å². The molecule has 5 rings (SSSR count). The van der Waals surface area contributed by atoms with Crippen molar-refractivity contribution >= 4 is 40.7 Å². The van der Waals surface area contributed by atoms with Gasteiger partial charge in [0.15, 0.2) is 0 Å². The van der Waals surface area contributed by atoms with Crippen LogP contribution in [0.25, 0.3) is 0 Å². The Morgan fingerprint density at radius 2 is 1.94 bits per heavy atom. The summed E-state index contributed by atoms with van der Waals surface area (Å²) >= 11 is 12.5. The molecule has 192 valence electrons. The molecule has 0 unspecified atom stereocenters. The number of amides is 2. The van der Waals surface area contributed by atoms with Crippen molar-refractivity contribution in [3.63, 3.8) is 0 Å². The van der Waals surface area contributed by atoms with Crippen LogP contribution in [0.4, 0.5) is 10.1 Å². The van der Waals surface area contributed by atoms with Crippen molar-refractivity contribution in [2.75, 3.05) is 25.5 Å². The van der Waals surface area contributed by atoms with Gasteiger partial charge >= 0.3 is 0 Å². The molecular formula is C27H31Cl2FN4O2. The Morgan fingerprint density at radius 3 is 2.61 bits per heavy atom. The number of carbonyl (C=O) groups is 2. The monoisotopic (exact) mass is 532 g/mol. The minimum absolute atomic E-state index is 0.00951. The summed E-state index contributed by atoms with van der Waals surface area (Å²) in [4.78, 5) is 29.9. The van der Waals surface area contributed by atoms with E-state index >= 15 is 4.39 Å². The van der Waals surface area contributed by atoms with E-state index in [9.17, 15) is 9.59 Å². The van der Waals surface area contributed by atoms with Crippen LogP contribution < -0.4 is 16.0 Å². The topological polar surface area (TPSA) is 73.5 Å². The molecule has 2 fully saturated rings. The van der Waals surface area contributed by atoms with Gasteiger partial charge in [-0.1, -0.05) is 62.2 Å². The van der Waals surface area contributed by atoms with Crippen LogP contribution in [0.3, 0.4) is 0 Å². The van der Waals surface area contributed by atoms with Crippen LogP contribution in [0.2, 0.25) is 10.0 Å². The summed E-state index contributed by atoms with van der Waals surface area (Å²) in [5.74, 6) is -1.96. The highest BCUT2D eigenvalue weighted by atomic mass is 35.5. The highest BCUT2D eigenvalue weighted by Crippen LogP contribution is 2.57. The molecule has 2 aromatic carbocycles. The lowest BCUT2D eigenvalue weighted by atomic mass is 9.62. The SMILES string of the molecule is CN1CC(NC(=O)[C@@H]2N[C@H](CC(C)(C)C)[C@]3(C(=O)Nc4cc(Cl)ccc43)[C@H]2c2cccc(Cl)c2F)C1. The number of likely N-dealkylation sites (tertiary alicyclic amines) is 1. The second-order valence-electron chi connectivity index (χ2n) is 11.5. The number of hydrogen-bond donors (Lipinski definition) is 3. The predicted molar refractivity (Wildman–Crippen MR) is 140 cm³/mol. The Kier molecular flexibility index (Phi) is 6.35. The zero-order valence-corrected chi connectivity index (χ0v) is 22.3. The zero-order chi connectivity index (χ0) is 26.0. The molecule has 0 radical (unpaired) electrons. The highest BCUT2D eigenvalue weighted by molar-refractivity contribution is 6.31. The third kappa shape index (κ3) is 4.10. The summed E-state index contributed by atoms with van der Waals surface area (Å²) in [6.07, 6.45) is 0.580. The lowest BCUT2D eigenvalue weighted by Gasteiger charge is -2.39. The van der Waals surface area contributed by atoms with Gasteiger partial charge < -0.3 is 20.9 Å². The van der Waals surface area contributed by atoms with Crippen molar-refractivity contribution in [2.24, 2.45) is 5.41 Å². The fourth-order valence-electron chi connectivity index (χ4n) is 6.23. The molecule has 2 aromatic rings. The van der Waals surface area contributed by atoms with Crippen LogP contribution in [-0.4, -0.2) is 55.0 Å². The van der Waals surface area contributed by atoms with E-state index in [1.54, 1.807) is 24.3 Å². The molecule has 4 atom stereocenters. The molecule has 3 N–H and O–H groups in total. The third-order valence-electron chi connectivity index (χ3n) is 7.63. The van der Waals surface area contributed by atoms with Gasteiger partial charge in [-0.25, -0.2) is 4.39 Å². The molecule has 9 heteroatoms. The van der Waals surface area contributed by atoms with Gasteiger partial charge in [0, 0.05) is 35.8 Å². The van der Waals surface area contributed by atoms with E-state index in [0.29, 0.717) is 22.7 Å². The van der Waals surface area contributed by atoms with E-state index in [1.807, 2.05) is 13.1 Å². The van der Waals surface area contributed by atoms with E-state index in [4.69, 9.17) is 23.2 Å². The van der Waals surface area contributed by atoms with Crippen molar-refractivity contribution in [1.29, 1.82) is 0 Å². The maximum absolute atomic E-state index is 15.7. The van der Waals surface area contributed by atoms with E-state index in [-0.39, 0.29) is 33.9 Å². The number of likely N-dealkylation sites (N-methyl/N-ethyl adjacent to an activating group) is 1. The van der Waals surface area contributed by atoms with Gasteiger partial charge in [-0.2, -0.15) is 0 Å². The average Bonchev–Trinajstić information content (AvgIpc) is 3.23. The number of nitrogens with zero attached hydrogens (tertiary/aromatic N) is 1. The van der Waals surface area contributed by atoms with Crippen LogP contribution in [0.5, 0.6) is 0 Å². The number of fused-ring (bicyclic) bond motifs is 2. The van der Waals surface area contributed by atoms with Gasteiger partial charge in [0.1, 0.15) is 11.2 Å². The van der Waals surface area contributed by atoms with Gasteiger partial charge in [0.25, 0.3) is 0 Å². The number of halogens is 3. The Bertz CT molecular complexity index is 1230. The van der Waals surface area contributed by atoms with E-state index in [1.165, 1.54) is 6.07 Å². The number of anilines is 1. The highest BCUT2D eigenvalue weighted by Gasteiger charge is 2.66. The lowest BCUT2D eigenvalue weighted by Crippen LogP contribution is -2.60. The Morgan fingerprint density at radius 1 is 1.22 bits per heavy atom. The number of hydrogen-bond acceptors (Lipinski definition) is 4. The maximum atomic E-state index is 15.7. The first-order valence-electron chi connectivity index (χ1n) is 12.2. The molecule has 3 heterocycles. The first-order valence-corrected chi connectivity index (χ1v) is 13.0. The van der Waals surface area contributed by atoms with Crippen LogP contribution in [0.1, 0.15) is 44.2 Å². The van der Waals surface area contributed by atoms with Crippen LogP contribution >= 0.6 is 23.2 Å². The molecule has 2 saturated heterocycles. The fraction of sp³-hybridized carbons (Fsp3) is 0.481. The second kappa shape index (κ2) is 8.98. The maximum Gasteiger partial charge on any atom is 0.238 e. The Hall–Kier alpha value is -2.19. The van der Waals surface area contributed by atoms with Crippen molar-refractivity contribution < 1.29 is 14.0 Å². The molecule has 6 nitrogen and oxygen atoms in total. The molecule has 0 saturated carbocycles. The quantitative estimate of drug-likeness (QED) is 0.548. The number of nitrogens with one attached hydrogen (secondary N) is 3. The molecule has 0 bridgehead atoms. The molecule has 0 aliphatic carbocycles. The van der Waals surface area contributed by atoms with E-state index in [0.717, 1.165) is 13.1 Å². The standard InChI is InChI=1S/C27H31Cl2FN4O2/c1-26(2,3)11-20-27(17-9-8-14(28)10-19(17)32-25(27)36)21(16-6-5-7-18(29)22(16)30)23(33-20)24(35)31-15-12-34(4)13-15/h5-10,15,20-21,23,33H,11-13H2,1-4H3,(H,31,35)(H,32,36)/t20-,21+,23-,27+/m1/s1. The van der Waals surface area contributed by atoms with E-state index in [2.05, 4.69) is 41.6 Å². The second-order valence-corrected chi connectivity index (χ2v) is 12.4. The van der Waals surface area contributed by atoms with Crippen LogP contribution in [0.15, 0.2) is 36.4 Å². The number of carbonyl (C=O) groups excluding carboxylic acids is 2. The van der Waals surface area contributed by atoms with Gasteiger partial charge in [-0.05, 0) is 48.2 Å². The largest absolute Gasteiger partial charge is 0.349 e. The Labute approximate surface area is 220 Å². The van der Waals surface area contributed by atoms with Gasteiger partial charge in [-0.3, -0.25) is 9.59 Å². The molecule has 3 aliphatic rings. The molecule has 3 aliphatic heterocycles. The van der Waals surface area contributed by atoms with Crippen molar-refractivity contribution in [3.05, 3.63) is 63.4 Å². The average molecular weight is 533 g/mol. The predicted octanol–water partition coefficient (Wildman–Crippen LogP) is 4.31. The minimum Gasteiger partial charge on any atom is -0.349 e.